The van der Waals surface area contributed by atoms with E-state index in [0.29, 0.717) is 23.2 Å². The van der Waals surface area contributed by atoms with Crippen LogP contribution in [0.15, 0.2) is 35.0 Å². The van der Waals surface area contributed by atoms with Gasteiger partial charge in [0, 0.05) is 37.0 Å². The number of benzene rings is 1. The van der Waals surface area contributed by atoms with Crippen LogP contribution in [0, 0.1) is 12.7 Å². The highest BCUT2D eigenvalue weighted by Crippen LogP contribution is 2.25. The molecule has 0 amide bonds. The topological polar surface area (TPSA) is 67.1 Å². The highest BCUT2D eigenvalue weighted by atomic mass is 19.1. The number of oxazole rings is 1. The Morgan fingerprint density at radius 2 is 2.04 bits per heavy atom. The summed E-state index contributed by atoms with van der Waals surface area (Å²) in [6.45, 7) is 3.61. The minimum Gasteiger partial charge on any atom is -0.423 e. The van der Waals surface area contributed by atoms with Crippen molar-refractivity contribution in [2.24, 2.45) is 0 Å². The maximum Gasteiger partial charge on any atom is 0.298 e. The van der Waals surface area contributed by atoms with Crippen molar-refractivity contribution in [3.8, 4) is 0 Å². The fraction of sp³-hybridized carbons (Fsp3) is 0.353. The Balaban J connectivity index is 1.41. The summed E-state index contributed by atoms with van der Waals surface area (Å²) in [5.74, 6) is 0.559. The molecule has 0 spiro atoms. The van der Waals surface area contributed by atoms with E-state index >= 15 is 0 Å². The average molecular weight is 327 g/mol. The van der Waals surface area contributed by atoms with E-state index in [4.69, 9.17) is 4.42 Å². The largest absolute Gasteiger partial charge is 0.423 e. The summed E-state index contributed by atoms with van der Waals surface area (Å²) in [6.07, 6.45) is 3.48. The molecule has 1 aliphatic heterocycles. The van der Waals surface area contributed by atoms with Gasteiger partial charge >= 0.3 is 0 Å². The van der Waals surface area contributed by atoms with Crippen LogP contribution in [-0.4, -0.2) is 34.1 Å². The fourth-order valence-corrected chi connectivity index (χ4v) is 2.98. The van der Waals surface area contributed by atoms with E-state index < -0.39 is 0 Å². The first-order valence-electron chi connectivity index (χ1n) is 8.03. The molecule has 1 N–H and O–H groups in total. The molecule has 1 fully saturated rings. The lowest BCUT2D eigenvalue weighted by Gasteiger charge is -2.31. The maximum absolute atomic E-state index is 13.3. The molecular weight excluding hydrogens is 309 g/mol. The average Bonchev–Trinajstić information content (AvgIpc) is 2.98. The van der Waals surface area contributed by atoms with Crippen molar-refractivity contribution in [1.29, 1.82) is 0 Å². The lowest BCUT2D eigenvalue weighted by atomic mass is 10.1. The van der Waals surface area contributed by atoms with Gasteiger partial charge in [-0.1, -0.05) is 0 Å². The predicted octanol–water partition coefficient (Wildman–Crippen LogP) is 3.15. The van der Waals surface area contributed by atoms with Gasteiger partial charge in [-0.15, -0.1) is 0 Å². The second-order valence-electron chi connectivity index (χ2n) is 6.06. The molecule has 0 radical (unpaired) electrons. The van der Waals surface area contributed by atoms with Crippen LogP contribution in [-0.2, 0) is 0 Å². The number of hydrogen-bond acceptors (Lipinski definition) is 6. The zero-order chi connectivity index (χ0) is 16.5. The van der Waals surface area contributed by atoms with Crippen molar-refractivity contribution in [2.45, 2.75) is 25.8 Å². The molecule has 3 heterocycles. The van der Waals surface area contributed by atoms with Crippen molar-refractivity contribution in [3.63, 3.8) is 0 Å². The van der Waals surface area contributed by atoms with Gasteiger partial charge in [0.1, 0.15) is 23.5 Å². The third-order valence-electron chi connectivity index (χ3n) is 4.26. The van der Waals surface area contributed by atoms with E-state index in [1.807, 2.05) is 13.0 Å². The quantitative estimate of drug-likeness (QED) is 0.797. The summed E-state index contributed by atoms with van der Waals surface area (Å²) in [5.41, 5.74) is 2.12. The van der Waals surface area contributed by atoms with E-state index in [1.165, 1.54) is 12.1 Å². The van der Waals surface area contributed by atoms with Gasteiger partial charge in [-0.2, -0.15) is 4.98 Å². The van der Waals surface area contributed by atoms with Gasteiger partial charge in [0.25, 0.3) is 6.01 Å². The number of rotatable bonds is 3. The molecule has 3 aromatic rings. The first kappa shape index (κ1) is 14.9. The zero-order valence-electron chi connectivity index (χ0n) is 13.4. The highest BCUT2D eigenvalue weighted by Gasteiger charge is 2.23. The molecule has 0 bridgehead atoms. The number of piperidine rings is 1. The SMILES string of the molecule is Cc1cc(NC2CCN(c3nc4cc(F)ccc4o3)CC2)ncn1. The smallest absolute Gasteiger partial charge is 0.298 e. The number of aromatic nitrogens is 3. The van der Waals surface area contributed by atoms with E-state index in [9.17, 15) is 4.39 Å². The molecule has 0 aliphatic carbocycles. The van der Waals surface area contributed by atoms with Crippen molar-refractivity contribution >= 4 is 22.9 Å². The molecule has 0 saturated carbocycles. The number of fused-ring (bicyclic) bond motifs is 1. The van der Waals surface area contributed by atoms with Gasteiger partial charge in [-0.05, 0) is 31.9 Å². The first-order chi connectivity index (χ1) is 11.7. The van der Waals surface area contributed by atoms with Crippen LogP contribution < -0.4 is 10.2 Å². The van der Waals surface area contributed by atoms with Crippen LogP contribution in [0.4, 0.5) is 16.2 Å². The molecule has 24 heavy (non-hydrogen) atoms. The standard InChI is InChI=1S/C17H18FN5O/c1-11-8-16(20-10-19-11)21-13-4-6-23(7-5-13)17-22-14-9-12(18)2-3-15(14)24-17/h2-3,8-10,13H,4-7H2,1H3,(H,19,20,21). The van der Waals surface area contributed by atoms with Gasteiger partial charge in [0.05, 0.1) is 0 Å². The van der Waals surface area contributed by atoms with E-state index in [-0.39, 0.29) is 5.82 Å². The molecule has 1 saturated heterocycles. The van der Waals surface area contributed by atoms with Crippen LogP contribution in [0.1, 0.15) is 18.5 Å². The van der Waals surface area contributed by atoms with Gasteiger partial charge in [0.2, 0.25) is 0 Å². The molecule has 124 valence electrons. The van der Waals surface area contributed by atoms with Gasteiger partial charge in [-0.25, -0.2) is 14.4 Å². The minimum absolute atomic E-state index is 0.301. The monoisotopic (exact) mass is 327 g/mol. The highest BCUT2D eigenvalue weighted by molar-refractivity contribution is 5.74. The van der Waals surface area contributed by atoms with E-state index in [1.54, 1.807) is 12.4 Å². The summed E-state index contributed by atoms with van der Waals surface area (Å²) < 4.78 is 19.0. The number of hydrogen-bond donors (Lipinski definition) is 1. The minimum atomic E-state index is -0.301. The summed E-state index contributed by atoms with van der Waals surface area (Å²) in [6, 6.07) is 7.27. The molecule has 4 rings (SSSR count). The van der Waals surface area contributed by atoms with Crippen LogP contribution in [0.5, 0.6) is 0 Å². The van der Waals surface area contributed by atoms with Crippen molar-refractivity contribution in [1.82, 2.24) is 15.0 Å². The number of anilines is 2. The van der Waals surface area contributed by atoms with Crippen LogP contribution in [0.3, 0.4) is 0 Å². The second kappa shape index (κ2) is 6.07. The Bertz CT molecular complexity index is 857. The summed E-state index contributed by atoms with van der Waals surface area (Å²) in [7, 11) is 0. The first-order valence-corrected chi connectivity index (χ1v) is 8.03. The lowest BCUT2D eigenvalue weighted by molar-refractivity contribution is 0.481. The Hall–Kier alpha value is -2.70. The second-order valence-corrected chi connectivity index (χ2v) is 6.06. The third kappa shape index (κ3) is 3.02. The molecule has 0 unspecified atom stereocenters. The van der Waals surface area contributed by atoms with Crippen molar-refractivity contribution < 1.29 is 8.81 Å². The Morgan fingerprint density at radius 1 is 1.21 bits per heavy atom. The number of aryl methyl sites for hydroxylation is 1. The Kier molecular flexibility index (Phi) is 3.76. The van der Waals surface area contributed by atoms with E-state index in [2.05, 4.69) is 25.2 Å². The number of nitrogens with zero attached hydrogens (tertiary/aromatic N) is 4. The van der Waals surface area contributed by atoms with Crippen molar-refractivity contribution in [3.05, 3.63) is 42.1 Å². The van der Waals surface area contributed by atoms with Crippen LogP contribution >= 0.6 is 0 Å². The molecule has 1 aromatic carbocycles. The molecular formula is C17H18FN5O. The summed E-state index contributed by atoms with van der Waals surface area (Å²) in [5, 5.41) is 3.45. The molecule has 1 aliphatic rings. The van der Waals surface area contributed by atoms with Crippen LogP contribution in [0.2, 0.25) is 0 Å². The van der Waals surface area contributed by atoms with Gasteiger partial charge < -0.3 is 14.6 Å². The Morgan fingerprint density at radius 3 is 2.83 bits per heavy atom. The number of halogens is 1. The van der Waals surface area contributed by atoms with Crippen molar-refractivity contribution in [2.75, 3.05) is 23.3 Å². The van der Waals surface area contributed by atoms with Gasteiger partial charge in [0.15, 0.2) is 5.58 Å². The van der Waals surface area contributed by atoms with Crippen LogP contribution in [0.25, 0.3) is 11.1 Å². The predicted molar refractivity (Wildman–Crippen MR) is 89.6 cm³/mol. The zero-order valence-corrected chi connectivity index (χ0v) is 13.4. The summed E-state index contributed by atoms with van der Waals surface area (Å²) in [4.78, 5) is 14.8. The molecule has 6 nitrogen and oxygen atoms in total. The number of nitrogens with one attached hydrogen (secondary N) is 1. The third-order valence-corrected chi connectivity index (χ3v) is 4.26. The summed E-state index contributed by atoms with van der Waals surface area (Å²) >= 11 is 0. The molecule has 2 aromatic heterocycles. The lowest BCUT2D eigenvalue weighted by Crippen LogP contribution is -2.39. The fourth-order valence-electron chi connectivity index (χ4n) is 2.98. The Labute approximate surface area is 138 Å². The van der Waals surface area contributed by atoms with Gasteiger partial charge in [-0.3, -0.25) is 0 Å². The molecule has 0 atom stereocenters. The van der Waals surface area contributed by atoms with E-state index in [0.717, 1.165) is 37.4 Å². The molecule has 7 heteroatoms. The maximum atomic E-state index is 13.3. The normalized spacial score (nSPS) is 15.8.